The van der Waals surface area contributed by atoms with E-state index in [1.165, 1.54) is 0 Å². The number of rotatable bonds is 3. The molecule has 1 aromatic carbocycles. The zero-order valence-electron chi connectivity index (χ0n) is 12.5. The van der Waals surface area contributed by atoms with Gasteiger partial charge in [0, 0.05) is 25.5 Å². The Bertz CT molecular complexity index is 667. The molecule has 0 spiro atoms. The fourth-order valence-corrected chi connectivity index (χ4v) is 2.50. The number of allylic oxidation sites excluding steroid dienone is 1. The summed E-state index contributed by atoms with van der Waals surface area (Å²) in [5.41, 5.74) is 3.20. The average Bonchev–Trinajstić information content (AvgIpc) is 2.56. The van der Waals surface area contributed by atoms with Gasteiger partial charge in [0.05, 0.1) is 30.8 Å². The van der Waals surface area contributed by atoms with Gasteiger partial charge in [0.25, 0.3) is 0 Å². The molecule has 5 heteroatoms. The lowest BCUT2D eigenvalue weighted by Gasteiger charge is -2.29. The summed E-state index contributed by atoms with van der Waals surface area (Å²) in [5.74, 6) is -0.206. The van der Waals surface area contributed by atoms with Gasteiger partial charge in [-0.3, -0.25) is 9.97 Å². The Morgan fingerprint density at radius 1 is 1.27 bits per heavy atom. The van der Waals surface area contributed by atoms with E-state index in [1.54, 1.807) is 24.7 Å². The minimum atomic E-state index is -0.206. The zero-order chi connectivity index (χ0) is 15.4. The second-order valence-electron chi connectivity index (χ2n) is 5.23. The summed E-state index contributed by atoms with van der Waals surface area (Å²) < 4.78 is 19.6. The van der Waals surface area contributed by atoms with Crippen molar-refractivity contribution in [2.75, 3.05) is 31.2 Å². The van der Waals surface area contributed by atoms with Gasteiger partial charge >= 0.3 is 0 Å². The molecule has 0 unspecified atom stereocenters. The Labute approximate surface area is 129 Å². The van der Waals surface area contributed by atoms with E-state index < -0.39 is 0 Å². The first-order valence-corrected chi connectivity index (χ1v) is 7.31. The molecule has 1 aliphatic rings. The highest BCUT2D eigenvalue weighted by Crippen LogP contribution is 2.23. The van der Waals surface area contributed by atoms with Crippen molar-refractivity contribution >= 4 is 17.3 Å². The van der Waals surface area contributed by atoms with Gasteiger partial charge in [0.1, 0.15) is 5.82 Å². The summed E-state index contributed by atoms with van der Waals surface area (Å²) in [5, 5.41) is 0. The van der Waals surface area contributed by atoms with E-state index >= 15 is 0 Å². The smallest absolute Gasteiger partial charge is 0.147 e. The van der Waals surface area contributed by atoms with E-state index in [4.69, 9.17) is 4.74 Å². The van der Waals surface area contributed by atoms with E-state index in [9.17, 15) is 4.39 Å². The van der Waals surface area contributed by atoms with E-state index in [0.717, 1.165) is 29.9 Å². The van der Waals surface area contributed by atoms with Crippen LogP contribution in [0.5, 0.6) is 0 Å². The first-order chi connectivity index (χ1) is 10.7. The summed E-state index contributed by atoms with van der Waals surface area (Å²) in [7, 11) is 0. The van der Waals surface area contributed by atoms with Crippen LogP contribution in [0.25, 0.3) is 11.6 Å². The lowest BCUT2D eigenvalue weighted by Crippen LogP contribution is -2.36. The fraction of sp³-hybridized carbons (Fsp3) is 0.294. The van der Waals surface area contributed by atoms with Crippen LogP contribution in [0.1, 0.15) is 18.2 Å². The van der Waals surface area contributed by atoms with Crippen LogP contribution in [0, 0.1) is 5.82 Å². The number of morpholine rings is 1. The van der Waals surface area contributed by atoms with Crippen molar-refractivity contribution in [2.24, 2.45) is 0 Å². The van der Waals surface area contributed by atoms with Crippen molar-refractivity contribution in [1.82, 2.24) is 9.97 Å². The van der Waals surface area contributed by atoms with Crippen molar-refractivity contribution in [3.05, 3.63) is 53.9 Å². The maximum Gasteiger partial charge on any atom is 0.147 e. The Balaban J connectivity index is 1.82. The largest absolute Gasteiger partial charge is 0.378 e. The van der Waals surface area contributed by atoms with Crippen LogP contribution < -0.4 is 4.90 Å². The molecular formula is C17H18FN3O. The van der Waals surface area contributed by atoms with Crippen molar-refractivity contribution in [2.45, 2.75) is 6.92 Å². The maximum atomic E-state index is 14.3. The van der Waals surface area contributed by atoms with Crippen LogP contribution in [0.4, 0.5) is 10.1 Å². The molecule has 4 nitrogen and oxygen atoms in total. The molecule has 0 amide bonds. The number of ether oxygens (including phenoxy) is 1. The fourth-order valence-electron chi connectivity index (χ4n) is 2.50. The molecule has 22 heavy (non-hydrogen) atoms. The van der Waals surface area contributed by atoms with E-state index in [-0.39, 0.29) is 5.82 Å². The molecule has 0 bridgehead atoms. The Morgan fingerprint density at radius 2 is 2.09 bits per heavy atom. The van der Waals surface area contributed by atoms with Crippen LogP contribution in [0.15, 0.2) is 36.8 Å². The average molecular weight is 299 g/mol. The quantitative estimate of drug-likeness (QED) is 0.873. The van der Waals surface area contributed by atoms with Crippen LogP contribution in [-0.4, -0.2) is 36.3 Å². The number of benzene rings is 1. The molecule has 0 radical (unpaired) electrons. The molecule has 2 heterocycles. The molecule has 1 saturated heterocycles. The summed E-state index contributed by atoms with van der Waals surface area (Å²) in [6.45, 7) is 4.69. The van der Waals surface area contributed by atoms with Gasteiger partial charge in [-0.1, -0.05) is 6.07 Å². The maximum absolute atomic E-state index is 14.3. The highest BCUT2D eigenvalue weighted by Gasteiger charge is 2.15. The third-order valence-corrected chi connectivity index (χ3v) is 3.67. The van der Waals surface area contributed by atoms with E-state index in [0.29, 0.717) is 18.9 Å². The number of aromatic nitrogens is 2. The molecule has 114 valence electrons. The summed E-state index contributed by atoms with van der Waals surface area (Å²) >= 11 is 0. The molecule has 3 rings (SSSR count). The van der Waals surface area contributed by atoms with Gasteiger partial charge in [0.15, 0.2) is 0 Å². The summed E-state index contributed by atoms with van der Waals surface area (Å²) in [6.07, 6.45) is 6.89. The predicted octanol–water partition coefficient (Wildman–Crippen LogP) is 3.01. The van der Waals surface area contributed by atoms with Crippen molar-refractivity contribution in [1.29, 1.82) is 0 Å². The van der Waals surface area contributed by atoms with Crippen molar-refractivity contribution < 1.29 is 9.13 Å². The lowest BCUT2D eigenvalue weighted by atomic mass is 10.1. The minimum absolute atomic E-state index is 0.206. The third kappa shape index (κ3) is 3.31. The Hall–Kier alpha value is -2.27. The SMILES string of the molecule is CC(=Cc1ccc(N2CCOCC2)c(F)c1)c1cnccn1. The summed E-state index contributed by atoms with van der Waals surface area (Å²) in [6, 6.07) is 5.31. The van der Waals surface area contributed by atoms with Crippen LogP contribution >= 0.6 is 0 Å². The monoisotopic (exact) mass is 299 g/mol. The topological polar surface area (TPSA) is 38.2 Å². The molecule has 0 N–H and O–H groups in total. The first-order valence-electron chi connectivity index (χ1n) is 7.31. The minimum Gasteiger partial charge on any atom is -0.378 e. The third-order valence-electron chi connectivity index (χ3n) is 3.67. The standard InChI is InChI=1S/C17H18FN3O/c1-13(16-12-19-4-5-20-16)10-14-2-3-17(15(18)11-14)21-6-8-22-9-7-21/h2-5,10-12H,6-9H2,1H3. The molecule has 2 aromatic rings. The lowest BCUT2D eigenvalue weighted by molar-refractivity contribution is 0.122. The molecule has 0 atom stereocenters. The van der Waals surface area contributed by atoms with Crippen LogP contribution in [0.2, 0.25) is 0 Å². The molecular weight excluding hydrogens is 281 g/mol. The van der Waals surface area contributed by atoms with Gasteiger partial charge in [-0.15, -0.1) is 0 Å². The van der Waals surface area contributed by atoms with E-state index in [2.05, 4.69) is 9.97 Å². The first kappa shape index (κ1) is 14.7. The van der Waals surface area contributed by atoms with E-state index in [1.807, 2.05) is 30.0 Å². The highest BCUT2D eigenvalue weighted by molar-refractivity contribution is 5.78. The number of hydrogen-bond donors (Lipinski definition) is 0. The van der Waals surface area contributed by atoms with Crippen LogP contribution in [-0.2, 0) is 4.74 Å². The number of anilines is 1. The normalized spacial score (nSPS) is 15.9. The van der Waals surface area contributed by atoms with Crippen molar-refractivity contribution in [3.63, 3.8) is 0 Å². The van der Waals surface area contributed by atoms with Gasteiger partial charge in [0.2, 0.25) is 0 Å². The number of halogens is 1. The van der Waals surface area contributed by atoms with Gasteiger partial charge in [-0.25, -0.2) is 4.39 Å². The van der Waals surface area contributed by atoms with Crippen LogP contribution in [0.3, 0.4) is 0 Å². The van der Waals surface area contributed by atoms with Crippen molar-refractivity contribution in [3.8, 4) is 0 Å². The zero-order valence-corrected chi connectivity index (χ0v) is 12.5. The molecule has 0 aliphatic carbocycles. The Kier molecular flexibility index (Phi) is 4.44. The van der Waals surface area contributed by atoms with Gasteiger partial charge in [-0.05, 0) is 36.3 Å². The molecule has 0 saturated carbocycles. The second-order valence-corrected chi connectivity index (χ2v) is 5.23. The molecule has 1 aromatic heterocycles. The molecule has 1 fully saturated rings. The number of hydrogen-bond acceptors (Lipinski definition) is 4. The highest BCUT2D eigenvalue weighted by atomic mass is 19.1. The number of nitrogens with zero attached hydrogens (tertiary/aromatic N) is 3. The predicted molar refractivity (Wildman–Crippen MR) is 85.0 cm³/mol. The molecule has 1 aliphatic heterocycles. The van der Waals surface area contributed by atoms with Gasteiger partial charge < -0.3 is 9.64 Å². The summed E-state index contributed by atoms with van der Waals surface area (Å²) in [4.78, 5) is 10.3. The second kappa shape index (κ2) is 6.66. The Morgan fingerprint density at radius 3 is 2.77 bits per heavy atom. The van der Waals surface area contributed by atoms with Gasteiger partial charge in [-0.2, -0.15) is 0 Å².